The zero-order valence-corrected chi connectivity index (χ0v) is 14.8. The number of carbonyl (C=O) groups is 2. The smallest absolute Gasteiger partial charge is 0.317 e. The molecule has 1 aromatic rings. The zero-order valence-electron chi connectivity index (χ0n) is 14.8. The minimum Gasteiger partial charge on any atom is -0.335 e. The molecule has 0 aliphatic carbocycles. The topological polar surface area (TPSA) is 52.7 Å². The van der Waals surface area contributed by atoms with Gasteiger partial charge in [0, 0.05) is 37.3 Å². The van der Waals surface area contributed by atoms with E-state index in [1.807, 2.05) is 57.7 Å². The molecule has 126 valence electrons. The number of urea groups is 1. The normalized spacial score (nSPS) is 15.5. The van der Waals surface area contributed by atoms with Crippen LogP contribution >= 0.6 is 0 Å². The van der Waals surface area contributed by atoms with Gasteiger partial charge >= 0.3 is 6.03 Å². The van der Waals surface area contributed by atoms with Gasteiger partial charge in [-0.1, -0.05) is 6.07 Å². The quantitative estimate of drug-likeness (QED) is 0.865. The van der Waals surface area contributed by atoms with Crippen LogP contribution in [0.5, 0.6) is 0 Å². The van der Waals surface area contributed by atoms with Gasteiger partial charge in [-0.25, -0.2) is 4.79 Å². The molecule has 0 aromatic heterocycles. The number of nitrogens with zero attached hydrogens (tertiary/aromatic N) is 2. The van der Waals surface area contributed by atoms with Crippen LogP contribution in [-0.4, -0.2) is 53.5 Å². The van der Waals surface area contributed by atoms with Gasteiger partial charge in [-0.05, 0) is 57.9 Å². The molecular formula is C18H27N3O2. The second-order valence-electron chi connectivity index (χ2n) is 7.26. The van der Waals surface area contributed by atoms with Crippen LogP contribution in [0.1, 0.15) is 42.3 Å². The predicted molar refractivity (Wildman–Crippen MR) is 91.7 cm³/mol. The lowest BCUT2D eigenvalue weighted by Crippen LogP contribution is -2.56. The molecule has 0 bridgehead atoms. The minimum atomic E-state index is -0.247. The summed E-state index contributed by atoms with van der Waals surface area (Å²) >= 11 is 0. The molecule has 0 radical (unpaired) electrons. The van der Waals surface area contributed by atoms with E-state index in [0.29, 0.717) is 26.2 Å². The second-order valence-corrected chi connectivity index (χ2v) is 7.26. The molecule has 0 unspecified atom stereocenters. The number of hydrogen-bond donors (Lipinski definition) is 1. The van der Waals surface area contributed by atoms with Gasteiger partial charge in [0.25, 0.3) is 5.91 Å². The maximum Gasteiger partial charge on any atom is 0.317 e. The molecule has 1 fully saturated rings. The summed E-state index contributed by atoms with van der Waals surface area (Å²) in [5.74, 6) is 0.0454. The summed E-state index contributed by atoms with van der Waals surface area (Å²) in [4.78, 5) is 28.3. The third kappa shape index (κ3) is 4.47. The van der Waals surface area contributed by atoms with Crippen LogP contribution in [0.4, 0.5) is 4.79 Å². The van der Waals surface area contributed by atoms with Gasteiger partial charge in [0.1, 0.15) is 0 Å². The molecule has 23 heavy (non-hydrogen) atoms. The van der Waals surface area contributed by atoms with Gasteiger partial charge in [-0.15, -0.1) is 0 Å². The highest BCUT2D eigenvalue weighted by Crippen LogP contribution is 2.14. The minimum absolute atomic E-state index is 0.0454. The lowest BCUT2D eigenvalue weighted by Gasteiger charge is -2.36. The van der Waals surface area contributed by atoms with Crippen molar-refractivity contribution in [1.82, 2.24) is 15.1 Å². The Bertz CT molecular complexity index is 597. The van der Waals surface area contributed by atoms with Gasteiger partial charge in [-0.2, -0.15) is 0 Å². The third-order valence-electron chi connectivity index (χ3n) is 4.09. The Balaban J connectivity index is 1.94. The second kappa shape index (κ2) is 6.60. The molecule has 1 aliphatic heterocycles. The van der Waals surface area contributed by atoms with Gasteiger partial charge < -0.3 is 15.1 Å². The maximum atomic E-state index is 12.6. The standard InChI is InChI=1S/C18H27N3O2/c1-13-6-7-15(12-14(13)2)16(22)20-8-10-21(11-9-20)17(23)19-18(3,4)5/h6-7,12H,8-11H2,1-5H3,(H,19,23). The molecule has 1 aliphatic rings. The molecule has 5 heteroatoms. The van der Waals surface area contributed by atoms with Crippen LogP contribution in [0, 0.1) is 13.8 Å². The monoisotopic (exact) mass is 317 g/mol. The first-order valence-electron chi connectivity index (χ1n) is 8.11. The summed E-state index contributed by atoms with van der Waals surface area (Å²) < 4.78 is 0. The third-order valence-corrected chi connectivity index (χ3v) is 4.09. The number of amides is 3. The SMILES string of the molecule is Cc1ccc(C(=O)N2CCN(C(=O)NC(C)(C)C)CC2)cc1C. The molecular weight excluding hydrogens is 290 g/mol. The van der Waals surface area contributed by atoms with Gasteiger partial charge in [-0.3, -0.25) is 4.79 Å². The van der Waals surface area contributed by atoms with Crippen molar-refractivity contribution in [2.45, 2.75) is 40.2 Å². The lowest BCUT2D eigenvalue weighted by molar-refractivity contribution is 0.0661. The largest absolute Gasteiger partial charge is 0.335 e. The molecule has 2 rings (SSSR count). The molecule has 0 saturated carbocycles. The van der Waals surface area contributed by atoms with E-state index in [1.165, 1.54) is 5.56 Å². The Morgan fingerprint density at radius 1 is 0.957 bits per heavy atom. The number of hydrogen-bond acceptors (Lipinski definition) is 2. The highest BCUT2D eigenvalue weighted by atomic mass is 16.2. The average Bonchev–Trinajstić information content (AvgIpc) is 2.48. The molecule has 1 heterocycles. The number of benzene rings is 1. The molecule has 0 atom stereocenters. The Hall–Kier alpha value is -2.04. The van der Waals surface area contributed by atoms with E-state index in [-0.39, 0.29) is 17.5 Å². The summed E-state index contributed by atoms with van der Waals surface area (Å²) in [6.07, 6.45) is 0. The van der Waals surface area contributed by atoms with E-state index in [2.05, 4.69) is 5.32 Å². The van der Waals surface area contributed by atoms with E-state index < -0.39 is 0 Å². The maximum absolute atomic E-state index is 12.6. The number of rotatable bonds is 1. The van der Waals surface area contributed by atoms with Crippen molar-refractivity contribution < 1.29 is 9.59 Å². The highest BCUT2D eigenvalue weighted by Gasteiger charge is 2.26. The van der Waals surface area contributed by atoms with E-state index >= 15 is 0 Å². The van der Waals surface area contributed by atoms with Crippen molar-refractivity contribution in [2.75, 3.05) is 26.2 Å². The summed E-state index contributed by atoms with van der Waals surface area (Å²) in [6, 6.07) is 5.74. The number of piperazine rings is 1. The number of nitrogens with one attached hydrogen (secondary N) is 1. The fourth-order valence-corrected chi connectivity index (χ4v) is 2.57. The summed E-state index contributed by atoms with van der Waals surface area (Å²) in [5.41, 5.74) is 2.79. The first-order valence-corrected chi connectivity index (χ1v) is 8.11. The Morgan fingerprint density at radius 2 is 1.52 bits per heavy atom. The molecule has 1 N–H and O–H groups in total. The van der Waals surface area contributed by atoms with Gasteiger partial charge in [0.15, 0.2) is 0 Å². The number of aryl methyl sites for hydroxylation is 2. The molecule has 1 saturated heterocycles. The van der Waals surface area contributed by atoms with Crippen molar-refractivity contribution in [3.05, 3.63) is 34.9 Å². The fourth-order valence-electron chi connectivity index (χ4n) is 2.57. The first-order chi connectivity index (χ1) is 10.7. The fraction of sp³-hybridized carbons (Fsp3) is 0.556. The van der Waals surface area contributed by atoms with Crippen molar-refractivity contribution in [1.29, 1.82) is 0 Å². The Morgan fingerprint density at radius 3 is 2.04 bits per heavy atom. The number of carbonyl (C=O) groups excluding carboxylic acids is 2. The molecule has 0 spiro atoms. The molecule has 3 amide bonds. The van der Waals surface area contributed by atoms with Crippen molar-refractivity contribution >= 4 is 11.9 Å². The molecule has 1 aromatic carbocycles. The lowest BCUT2D eigenvalue weighted by atomic mass is 10.1. The predicted octanol–water partition coefficient (Wildman–Crippen LogP) is 2.57. The van der Waals surface area contributed by atoms with E-state index in [0.717, 1.165) is 11.1 Å². The van der Waals surface area contributed by atoms with Crippen molar-refractivity contribution in [2.24, 2.45) is 0 Å². The molecule has 5 nitrogen and oxygen atoms in total. The van der Waals surface area contributed by atoms with Crippen LogP contribution in [0.2, 0.25) is 0 Å². The van der Waals surface area contributed by atoms with E-state index in [9.17, 15) is 9.59 Å². The van der Waals surface area contributed by atoms with Crippen molar-refractivity contribution in [3.8, 4) is 0 Å². The van der Waals surface area contributed by atoms with E-state index in [1.54, 1.807) is 4.90 Å². The average molecular weight is 317 g/mol. The van der Waals surface area contributed by atoms with Crippen LogP contribution in [0.3, 0.4) is 0 Å². The summed E-state index contributed by atoms with van der Waals surface area (Å²) in [6.45, 7) is 12.2. The van der Waals surface area contributed by atoms with Crippen LogP contribution in [0.15, 0.2) is 18.2 Å². The van der Waals surface area contributed by atoms with Crippen LogP contribution in [0.25, 0.3) is 0 Å². The van der Waals surface area contributed by atoms with Crippen LogP contribution < -0.4 is 5.32 Å². The Labute approximate surface area is 138 Å². The highest BCUT2D eigenvalue weighted by molar-refractivity contribution is 5.94. The van der Waals surface area contributed by atoms with Gasteiger partial charge in [0.2, 0.25) is 0 Å². The van der Waals surface area contributed by atoms with Crippen LogP contribution in [-0.2, 0) is 0 Å². The van der Waals surface area contributed by atoms with Gasteiger partial charge in [0.05, 0.1) is 0 Å². The Kier molecular flexibility index (Phi) is 4.97. The summed E-state index contributed by atoms with van der Waals surface area (Å²) in [7, 11) is 0. The zero-order chi connectivity index (χ0) is 17.2. The summed E-state index contributed by atoms with van der Waals surface area (Å²) in [5, 5.41) is 2.96. The van der Waals surface area contributed by atoms with Crippen molar-refractivity contribution in [3.63, 3.8) is 0 Å². The first kappa shape index (κ1) is 17.3. The van der Waals surface area contributed by atoms with E-state index in [4.69, 9.17) is 0 Å².